The number of nitrogens with one attached hydrogen (secondary N) is 2. The maximum absolute atomic E-state index is 12.8. The lowest BCUT2D eigenvalue weighted by Gasteiger charge is -2.24. The lowest BCUT2D eigenvalue weighted by Crippen LogP contribution is -2.45. The molecule has 158 valence electrons. The summed E-state index contributed by atoms with van der Waals surface area (Å²) in [5.41, 5.74) is 1.90. The van der Waals surface area contributed by atoms with Crippen molar-refractivity contribution in [2.75, 3.05) is 20.2 Å². The van der Waals surface area contributed by atoms with Crippen LogP contribution in [0.2, 0.25) is 0 Å². The highest BCUT2D eigenvalue weighted by Gasteiger charge is 2.35. The topological polar surface area (TPSA) is 87.7 Å². The number of fused-ring (bicyclic) bond motifs is 1. The Bertz CT molecular complexity index is 938. The number of benzene rings is 2. The molecule has 7 nitrogen and oxygen atoms in total. The number of methoxy groups -OCH3 is 1. The van der Waals surface area contributed by atoms with Crippen molar-refractivity contribution in [3.8, 4) is 5.75 Å². The van der Waals surface area contributed by atoms with Gasteiger partial charge in [-0.1, -0.05) is 18.2 Å². The zero-order chi connectivity index (χ0) is 20.4. The van der Waals surface area contributed by atoms with Crippen LogP contribution in [0.3, 0.4) is 0 Å². The molecule has 2 aliphatic rings. The Morgan fingerprint density at radius 1 is 1.17 bits per heavy atom. The summed E-state index contributed by atoms with van der Waals surface area (Å²) in [5.74, 6) is -0.404. The SMILES string of the molecule is COc1ccc(CN2C(=O)c3ccccc3C2=O)cc1C(=O)N[C@H]1CCCNC1.Cl. The first kappa shape index (κ1) is 21.8. The molecule has 0 saturated carbocycles. The van der Waals surface area contributed by atoms with Crippen molar-refractivity contribution in [3.05, 3.63) is 64.7 Å². The predicted octanol–water partition coefficient (Wildman–Crippen LogP) is 2.40. The van der Waals surface area contributed by atoms with Crippen molar-refractivity contribution in [3.63, 3.8) is 0 Å². The van der Waals surface area contributed by atoms with Crippen LogP contribution in [0.25, 0.3) is 0 Å². The van der Waals surface area contributed by atoms with Crippen molar-refractivity contribution in [2.24, 2.45) is 0 Å². The van der Waals surface area contributed by atoms with Gasteiger partial charge in [-0.3, -0.25) is 19.3 Å². The van der Waals surface area contributed by atoms with Crippen LogP contribution in [0.1, 0.15) is 49.5 Å². The van der Waals surface area contributed by atoms with Crippen molar-refractivity contribution >= 4 is 30.1 Å². The number of halogens is 1. The number of ether oxygens (including phenoxy) is 1. The van der Waals surface area contributed by atoms with E-state index in [-0.39, 0.29) is 42.7 Å². The van der Waals surface area contributed by atoms with Crippen LogP contribution in [0.15, 0.2) is 42.5 Å². The Kier molecular flexibility index (Phi) is 6.74. The third kappa shape index (κ3) is 4.17. The van der Waals surface area contributed by atoms with Gasteiger partial charge in [0.15, 0.2) is 0 Å². The van der Waals surface area contributed by atoms with Gasteiger partial charge in [0.2, 0.25) is 0 Å². The van der Waals surface area contributed by atoms with E-state index in [9.17, 15) is 14.4 Å². The summed E-state index contributed by atoms with van der Waals surface area (Å²) in [5, 5.41) is 6.30. The largest absolute Gasteiger partial charge is 0.496 e. The Morgan fingerprint density at radius 2 is 1.87 bits per heavy atom. The van der Waals surface area contributed by atoms with E-state index in [2.05, 4.69) is 10.6 Å². The number of hydrogen-bond acceptors (Lipinski definition) is 5. The minimum absolute atomic E-state index is 0. The molecule has 0 unspecified atom stereocenters. The number of rotatable bonds is 5. The molecule has 0 aromatic heterocycles. The summed E-state index contributed by atoms with van der Waals surface area (Å²) in [6.07, 6.45) is 1.94. The number of nitrogens with zero attached hydrogens (tertiary/aromatic N) is 1. The second-order valence-corrected chi connectivity index (χ2v) is 7.29. The molecule has 1 saturated heterocycles. The minimum Gasteiger partial charge on any atom is -0.496 e. The van der Waals surface area contributed by atoms with Gasteiger partial charge in [-0.15, -0.1) is 12.4 Å². The third-order valence-corrected chi connectivity index (χ3v) is 5.36. The van der Waals surface area contributed by atoms with Crippen LogP contribution in [0, 0.1) is 0 Å². The molecule has 1 atom stereocenters. The maximum Gasteiger partial charge on any atom is 0.261 e. The van der Waals surface area contributed by atoms with Crippen molar-refractivity contribution < 1.29 is 19.1 Å². The quantitative estimate of drug-likeness (QED) is 0.712. The first-order valence-electron chi connectivity index (χ1n) is 9.72. The Balaban J connectivity index is 0.00000256. The number of imide groups is 1. The molecule has 1 fully saturated rings. The second kappa shape index (κ2) is 9.28. The number of hydrogen-bond donors (Lipinski definition) is 2. The summed E-state index contributed by atoms with van der Waals surface area (Å²) in [6, 6.07) is 12.0. The highest BCUT2D eigenvalue weighted by Crippen LogP contribution is 2.26. The molecule has 2 N–H and O–H groups in total. The van der Waals surface area contributed by atoms with E-state index in [0.29, 0.717) is 28.0 Å². The van der Waals surface area contributed by atoms with E-state index in [4.69, 9.17) is 4.74 Å². The zero-order valence-corrected chi connectivity index (χ0v) is 17.5. The summed E-state index contributed by atoms with van der Waals surface area (Å²) in [6.45, 7) is 1.80. The van der Waals surface area contributed by atoms with Crippen LogP contribution in [0.5, 0.6) is 5.75 Å². The van der Waals surface area contributed by atoms with Crippen LogP contribution >= 0.6 is 12.4 Å². The normalized spacial score (nSPS) is 17.9. The molecule has 2 aromatic carbocycles. The molecule has 4 rings (SSSR count). The summed E-state index contributed by atoms with van der Waals surface area (Å²) >= 11 is 0. The Labute approximate surface area is 181 Å². The molecule has 0 spiro atoms. The monoisotopic (exact) mass is 429 g/mol. The van der Waals surface area contributed by atoms with E-state index in [1.807, 2.05) is 0 Å². The number of amides is 3. The molecule has 2 heterocycles. The first-order chi connectivity index (χ1) is 14.1. The molecular formula is C22H24ClN3O4. The van der Waals surface area contributed by atoms with Crippen LogP contribution in [-0.4, -0.2) is 48.9 Å². The molecule has 2 aliphatic heterocycles. The Morgan fingerprint density at radius 3 is 2.47 bits per heavy atom. The molecule has 3 amide bonds. The standard InChI is InChI=1S/C22H23N3O4.ClH/c1-29-19-9-8-14(11-18(19)20(26)24-15-5-4-10-23-12-15)13-25-21(27)16-6-2-3-7-17(16)22(25)28;/h2-3,6-9,11,15,23H,4-5,10,12-13H2,1H3,(H,24,26);1H/t15-;/m0./s1. The van der Waals surface area contributed by atoms with Crippen LogP contribution < -0.4 is 15.4 Å². The summed E-state index contributed by atoms with van der Waals surface area (Å²) < 4.78 is 5.35. The molecule has 8 heteroatoms. The molecule has 30 heavy (non-hydrogen) atoms. The van der Waals surface area contributed by atoms with Gasteiger partial charge >= 0.3 is 0 Å². The number of piperidine rings is 1. The zero-order valence-electron chi connectivity index (χ0n) is 16.6. The second-order valence-electron chi connectivity index (χ2n) is 7.29. The molecule has 0 aliphatic carbocycles. The number of carbonyl (C=O) groups excluding carboxylic acids is 3. The highest BCUT2D eigenvalue weighted by molar-refractivity contribution is 6.21. The summed E-state index contributed by atoms with van der Waals surface area (Å²) in [7, 11) is 1.51. The van der Waals surface area contributed by atoms with E-state index in [0.717, 1.165) is 25.9 Å². The van der Waals surface area contributed by atoms with Gasteiger partial charge in [0.25, 0.3) is 17.7 Å². The third-order valence-electron chi connectivity index (χ3n) is 5.36. The van der Waals surface area contributed by atoms with Crippen molar-refractivity contribution in [1.82, 2.24) is 15.5 Å². The van der Waals surface area contributed by atoms with Crippen LogP contribution in [0.4, 0.5) is 0 Å². The average molecular weight is 430 g/mol. The predicted molar refractivity (Wildman–Crippen MR) is 114 cm³/mol. The highest BCUT2D eigenvalue weighted by atomic mass is 35.5. The summed E-state index contributed by atoms with van der Waals surface area (Å²) in [4.78, 5) is 39.3. The van der Waals surface area contributed by atoms with E-state index in [1.165, 1.54) is 12.0 Å². The van der Waals surface area contributed by atoms with Gasteiger partial charge < -0.3 is 15.4 Å². The molecule has 0 bridgehead atoms. The van der Waals surface area contributed by atoms with E-state index in [1.54, 1.807) is 42.5 Å². The van der Waals surface area contributed by atoms with E-state index < -0.39 is 0 Å². The van der Waals surface area contributed by atoms with Gasteiger partial charge in [0, 0.05) is 12.6 Å². The number of carbonyl (C=O) groups is 3. The molecule has 2 aromatic rings. The fourth-order valence-electron chi connectivity index (χ4n) is 3.83. The van der Waals surface area contributed by atoms with Gasteiger partial charge in [0.05, 0.1) is 30.3 Å². The minimum atomic E-state index is -0.319. The first-order valence-corrected chi connectivity index (χ1v) is 9.72. The molecule has 0 radical (unpaired) electrons. The van der Waals surface area contributed by atoms with E-state index >= 15 is 0 Å². The lowest BCUT2D eigenvalue weighted by molar-refractivity contribution is 0.0642. The van der Waals surface area contributed by atoms with Gasteiger partial charge in [-0.25, -0.2) is 0 Å². The lowest BCUT2D eigenvalue weighted by atomic mass is 10.1. The smallest absolute Gasteiger partial charge is 0.261 e. The van der Waals surface area contributed by atoms with Gasteiger partial charge in [0.1, 0.15) is 5.75 Å². The van der Waals surface area contributed by atoms with Crippen molar-refractivity contribution in [2.45, 2.75) is 25.4 Å². The maximum atomic E-state index is 12.8. The molecular weight excluding hydrogens is 406 g/mol. The van der Waals surface area contributed by atoms with Crippen molar-refractivity contribution in [1.29, 1.82) is 0 Å². The average Bonchev–Trinajstić information content (AvgIpc) is 2.99. The van der Waals surface area contributed by atoms with Crippen LogP contribution in [-0.2, 0) is 6.54 Å². The van der Waals surface area contributed by atoms with Gasteiger partial charge in [-0.05, 0) is 49.2 Å². The fourth-order valence-corrected chi connectivity index (χ4v) is 3.83. The fraction of sp³-hybridized carbons (Fsp3) is 0.318. The Hall–Kier alpha value is -2.90. The van der Waals surface area contributed by atoms with Gasteiger partial charge in [-0.2, -0.15) is 0 Å².